The number of carbonyl (C=O) groups is 1. The largest absolute Gasteiger partial charge is 0.504 e. The number of ether oxygens (including phenoxy) is 1. The minimum absolute atomic E-state index is 0.0125. The highest BCUT2D eigenvalue weighted by Gasteiger charge is 2.32. The number of rotatable bonds is 5. The second-order valence-corrected chi connectivity index (χ2v) is 5.35. The number of hydrogen-bond acceptors (Lipinski definition) is 5. The fraction of sp³-hybridized carbons (Fsp3) is 0.105. The Hall–Kier alpha value is -3.41. The van der Waals surface area contributed by atoms with Crippen molar-refractivity contribution in [2.24, 2.45) is 10.2 Å². The van der Waals surface area contributed by atoms with Gasteiger partial charge in [-0.1, -0.05) is 24.3 Å². The number of fused-ring (bicyclic) bond motifs is 1. The summed E-state index contributed by atoms with van der Waals surface area (Å²) >= 11 is 0. The highest BCUT2D eigenvalue weighted by atomic mass is 16.5. The number of para-hydroxylation sites is 1. The van der Waals surface area contributed by atoms with Gasteiger partial charge in [0.2, 0.25) is 0 Å². The van der Waals surface area contributed by atoms with E-state index in [9.17, 15) is 9.90 Å². The van der Waals surface area contributed by atoms with Crippen LogP contribution in [0.4, 0.5) is 5.69 Å². The van der Waals surface area contributed by atoms with E-state index in [1.165, 1.54) is 19.4 Å². The molecule has 1 amide bonds. The minimum Gasteiger partial charge on any atom is -0.504 e. The van der Waals surface area contributed by atoms with Gasteiger partial charge < -0.3 is 14.7 Å². The van der Waals surface area contributed by atoms with Crippen LogP contribution in [0, 0.1) is 0 Å². The van der Waals surface area contributed by atoms with Gasteiger partial charge in [0.15, 0.2) is 17.2 Å². The second-order valence-electron chi connectivity index (χ2n) is 5.35. The third kappa shape index (κ3) is 3.14. The SMILES string of the molecule is C=CCN1C(=O)/C(=N/N=C/c2ccc(OC)c(O)c2)c2ccccc21. The van der Waals surface area contributed by atoms with Crippen molar-refractivity contribution < 1.29 is 14.6 Å². The summed E-state index contributed by atoms with van der Waals surface area (Å²) in [4.78, 5) is 14.2. The van der Waals surface area contributed by atoms with Crippen molar-refractivity contribution in [1.82, 2.24) is 0 Å². The van der Waals surface area contributed by atoms with Crippen LogP contribution in [0.25, 0.3) is 0 Å². The zero-order chi connectivity index (χ0) is 17.8. The summed E-state index contributed by atoms with van der Waals surface area (Å²) in [7, 11) is 1.48. The van der Waals surface area contributed by atoms with Crippen LogP contribution in [0.1, 0.15) is 11.1 Å². The fourth-order valence-corrected chi connectivity index (χ4v) is 2.61. The summed E-state index contributed by atoms with van der Waals surface area (Å²) in [6.07, 6.45) is 3.14. The molecule has 0 atom stereocenters. The average molecular weight is 335 g/mol. The number of phenols is 1. The molecule has 0 saturated carbocycles. The molecule has 2 aromatic rings. The lowest BCUT2D eigenvalue weighted by atomic mass is 10.1. The molecule has 126 valence electrons. The van der Waals surface area contributed by atoms with Crippen LogP contribution >= 0.6 is 0 Å². The first-order valence-corrected chi connectivity index (χ1v) is 7.66. The van der Waals surface area contributed by atoms with Crippen LogP contribution in [0.5, 0.6) is 11.5 Å². The van der Waals surface area contributed by atoms with Crippen molar-refractivity contribution in [2.75, 3.05) is 18.6 Å². The van der Waals surface area contributed by atoms with Crippen LogP contribution < -0.4 is 9.64 Å². The molecule has 1 heterocycles. The number of phenolic OH excluding ortho intramolecular Hbond substituents is 1. The first-order chi connectivity index (χ1) is 12.2. The quantitative estimate of drug-likeness (QED) is 0.519. The molecule has 1 aliphatic heterocycles. The predicted molar refractivity (Wildman–Crippen MR) is 97.8 cm³/mol. The van der Waals surface area contributed by atoms with Gasteiger partial charge in [0.25, 0.3) is 5.91 Å². The molecule has 1 N–H and O–H groups in total. The minimum atomic E-state index is -0.212. The number of amides is 1. The summed E-state index contributed by atoms with van der Waals surface area (Å²) < 4.78 is 4.99. The molecule has 0 unspecified atom stereocenters. The maximum Gasteiger partial charge on any atom is 0.279 e. The molecule has 2 aromatic carbocycles. The summed E-state index contributed by atoms with van der Waals surface area (Å²) in [6.45, 7) is 4.09. The van der Waals surface area contributed by atoms with Gasteiger partial charge in [-0.25, -0.2) is 0 Å². The number of carbonyl (C=O) groups excluding carboxylic acids is 1. The molecule has 1 aliphatic rings. The van der Waals surface area contributed by atoms with Gasteiger partial charge >= 0.3 is 0 Å². The topological polar surface area (TPSA) is 74.5 Å². The number of aromatic hydroxyl groups is 1. The van der Waals surface area contributed by atoms with Crippen LogP contribution in [0.2, 0.25) is 0 Å². The predicted octanol–water partition coefficient (Wildman–Crippen LogP) is 2.76. The van der Waals surface area contributed by atoms with E-state index in [2.05, 4.69) is 16.8 Å². The number of nitrogens with zero attached hydrogens (tertiary/aromatic N) is 3. The van der Waals surface area contributed by atoms with E-state index in [1.54, 1.807) is 23.1 Å². The molecule has 0 bridgehead atoms. The zero-order valence-electron chi connectivity index (χ0n) is 13.7. The molecular weight excluding hydrogens is 318 g/mol. The van der Waals surface area contributed by atoms with E-state index in [4.69, 9.17) is 4.74 Å². The molecule has 3 rings (SSSR count). The van der Waals surface area contributed by atoms with Crippen LogP contribution in [0.15, 0.2) is 65.3 Å². The smallest absolute Gasteiger partial charge is 0.279 e. The van der Waals surface area contributed by atoms with Crippen molar-refractivity contribution in [2.45, 2.75) is 0 Å². The lowest BCUT2D eigenvalue weighted by Crippen LogP contribution is -2.30. The average Bonchev–Trinajstić information content (AvgIpc) is 2.88. The number of methoxy groups -OCH3 is 1. The maximum absolute atomic E-state index is 12.5. The Morgan fingerprint density at radius 1 is 1.28 bits per heavy atom. The highest BCUT2D eigenvalue weighted by molar-refractivity contribution is 6.54. The Morgan fingerprint density at radius 2 is 2.08 bits per heavy atom. The highest BCUT2D eigenvalue weighted by Crippen LogP contribution is 2.29. The monoisotopic (exact) mass is 335 g/mol. The van der Waals surface area contributed by atoms with E-state index in [0.717, 1.165) is 11.3 Å². The van der Waals surface area contributed by atoms with Gasteiger partial charge in [-0.05, 0) is 29.8 Å². The molecule has 0 radical (unpaired) electrons. The van der Waals surface area contributed by atoms with E-state index >= 15 is 0 Å². The Labute approximate surface area is 145 Å². The number of benzene rings is 2. The third-order valence-corrected chi connectivity index (χ3v) is 3.78. The van der Waals surface area contributed by atoms with E-state index < -0.39 is 0 Å². The molecule has 0 aromatic heterocycles. The molecule has 0 aliphatic carbocycles. The number of hydrogen-bond donors (Lipinski definition) is 1. The normalized spacial score (nSPS) is 15.0. The van der Waals surface area contributed by atoms with E-state index in [0.29, 0.717) is 17.9 Å². The van der Waals surface area contributed by atoms with Crippen LogP contribution in [0.3, 0.4) is 0 Å². The summed E-state index contributed by atoms with van der Waals surface area (Å²) in [5.41, 5.74) is 2.46. The molecule has 0 spiro atoms. The van der Waals surface area contributed by atoms with Gasteiger partial charge in [-0.15, -0.1) is 11.7 Å². The van der Waals surface area contributed by atoms with Gasteiger partial charge in [0, 0.05) is 12.1 Å². The third-order valence-electron chi connectivity index (χ3n) is 3.78. The zero-order valence-corrected chi connectivity index (χ0v) is 13.7. The van der Waals surface area contributed by atoms with Crippen molar-refractivity contribution in [3.8, 4) is 11.5 Å². The van der Waals surface area contributed by atoms with Crippen molar-refractivity contribution in [3.63, 3.8) is 0 Å². The molecule has 25 heavy (non-hydrogen) atoms. The first-order valence-electron chi connectivity index (χ1n) is 7.66. The van der Waals surface area contributed by atoms with E-state index in [1.807, 2.05) is 24.3 Å². The maximum atomic E-state index is 12.5. The molecule has 6 nitrogen and oxygen atoms in total. The lowest BCUT2D eigenvalue weighted by Gasteiger charge is -2.13. The summed E-state index contributed by atoms with van der Waals surface area (Å²) in [6, 6.07) is 12.3. The standard InChI is InChI=1S/C19H17N3O3/c1-3-10-22-15-7-5-4-6-14(15)18(19(22)24)21-20-12-13-8-9-17(25-2)16(23)11-13/h3-9,11-12,23H,1,10H2,2H3/b20-12+,21-18+. The molecule has 6 heteroatoms. The van der Waals surface area contributed by atoms with Crippen molar-refractivity contribution >= 4 is 23.5 Å². The Kier molecular flexibility index (Phi) is 4.61. The lowest BCUT2D eigenvalue weighted by molar-refractivity contribution is -0.112. The second kappa shape index (κ2) is 7.00. The summed E-state index contributed by atoms with van der Waals surface area (Å²) in [5.74, 6) is 0.179. The summed E-state index contributed by atoms with van der Waals surface area (Å²) in [5, 5.41) is 17.9. The first kappa shape index (κ1) is 16.4. The van der Waals surface area contributed by atoms with Crippen LogP contribution in [-0.2, 0) is 4.79 Å². The van der Waals surface area contributed by atoms with Crippen LogP contribution in [-0.4, -0.2) is 36.6 Å². The van der Waals surface area contributed by atoms with Gasteiger partial charge in [-0.2, -0.15) is 5.10 Å². The Morgan fingerprint density at radius 3 is 2.80 bits per heavy atom. The van der Waals surface area contributed by atoms with Crippen molar-refractivity contribution in [1.29, 1.82) is 0 Å². The van der Waals surface area contributed by atoms with Crippen molar-refractivity contribution in [3.05, 3.63) is 66.2 Å². The Bertz CT molecular complexity index is 887. The molecule has 0 fully saturated rings. The molecule has 0 saturated heterocycles. The Balaban J connectivity index is 1.89. The number of anilines is 1. The van der Waals surface area contributed by atoms with Gasteiger partial charge in [-0.3, -0.25) is 4.79 Å². The molecular formula is C19H17N3O3. The van der Waals surface area contributed by atoms with Gasteiger partial charge in [0.05, 0.1) is 19.0 Å². The fourth-order valence-electron chi connectivity index (χ4n) is 2.61. The van der Waals surface area contributed by atoms with E-state index in [-0.39, 0.29) is 17.4 Å². The van der Waals surface area contributed by atoms with Gasteiger partial charge in [0.1, 0.15) is 0 Å².